The molecule has 19 heavy (non-hydrogen) atoms. The molecular weight excluding hydrogens is 266 g/mol. The molecule has 1 aromatic carbocycles. The largest absolute Gasteiger partial charge is 0.324 e. The van der Waals surface area contributed by atoms with Gasteiger partial charge in [-0.1, -0.05) is 29.8 Å². The standard InChI is InChI=1S/C13H12ClN3O2/c1-9-4-2-3-5-10(9)16-12(18)7-17-8-15-11(14)6-13(17)19/h2-6,8H,7H2,1H3,(H,16,18). The maximum atomic E-state index is 11.8. The zero-order valence-corrected chi connectivity index (χ0v) is 11.0. The number of nitrogens with zero attached hydrogens (tertiary/aromatic N) is 2. The van der Waals surface area contributed by atoms with E-state index in [1.807, 2.05) is 25.1 Å². The summed E-state index contributed by atoms with van der Waals surface area (Å²) >= 11 is 5.58. The van der Waals surface area contributed by atoms with Crippen LogP contribution in [-0.2, 0) is 11.3 Å². The van der Waals surface area contributed by atoms with E-state index in [0.717, 1.165) is 11.3 Å². The fourth-order valence-corrected chi connectivity index (χ4v) is 1.72. The van der Waals surface area contributed by atoms with Crippen LogP contribution in [0.25, 0.3) is 0 Å². The SMILES string of the molecule is Cc1ccccc1NC(=O)Cn1cnc(Cl)cc1=O. The Balaban J connectivity index is 2.10. The molecule has 0 saturated heterocycles. The highest BCUT2D eigenvalue weighted by molar-refractivity contribution is 6.29. The van der Waals surface area contributed by atoms with Gasteiger partial charge in [0, 0.05) is 11.8 Å². The van der Waals surface area contributed by atoms with Crippen LogP contribution >= 0.6 is 11.6 Å². The van der Waals surface area contributed by atoms with E-state index in [1.54, 1.807) is 6.07 Å². The molecule has 0 saturated carbocycles. The van der Waals surface area contributed by atoms with Gasteiger partial charge in [0.2, 0.25) is 5.91 Å². The number of amides is 1. The van der Waals surface area contributed by atoms with Crippen LogP contribution in [0.15, 0.2) is 41.5 Å². The maximum absolute atomic E-state index is 11.8. The van der Waals surface area contributed by atoms with E-state index in [2.05, 4.69) is 10.3 Å². The predicted molar refractivity (Wildman–Crippen MR) is 73.3 cm³/mol. The highest BCUT2D eigenvalue weighted by atomic mass is 35.5. The molecule has 1 heterocycles. The second kappa shape index (κ2) is 5.67. The van der Waals surface area contributed by atoms with Crippen LogP contribution in [0.4, 0.5) is 5.69 Å². The molecule has 0 radical (unpaired) electrons. The summed E-state index contributed by atoms with van der Waals surface area (Å²) in [6.07, 6.45) is 1.25. The number of carbonyl (C=O) groups excluding carboxylic acids is 1. The second-order valence-corrected chi connectivity index (χ2v) is 4.43. The average molecular weight is 278 g/mol. The first-order valence-electron chi connectivity index (χ1n) is 5.64. The quantitative estimate of drug-likeness (QED) is 0.871. The normalized spacial score (nSPS) is 10.2. The Hall–Kier alpha value is -2.14. The molecule has 0 bridgehead atoms. The smallest absolute Gasteiger partial charge is 0.255 e. The molecular formula is C13H12ClN3O2. The number of aryl methyl sites for hydroxylation is 1. The van der Waals surface area contributed by atoms with Crippen molar-refractivity contribution in [1.82, 2.24) is 9.55 Å². The number of aromatic nitrogens is 2. The number of carbonyl (C=O) groups is 1. The summed E-state index contributed by atoms with van der Waals surface area (Å²) in [4.78, 5) is 27.2. The molecule has 0 aliphatic heterocycles. The Kier molecular flexibility index (Phi) is 3.97. The van der Waals surface area contributed by atoms with E-state index < -0.39 is 0 Å². The number of benzene rings is 1. The number of nitrogens with one attached hydrogen (secondary N) is 1. The van der Waals surface area contributed by atoms with Crippen LogP contribution < -0.4 is 10.9 Å². The lowest BCUT2D eigenvalue weighted by molar-refractivity contribution is -0.116. The summed E-state index contributed by atoms with van der Waals surface area (Å²) in [6, 6.07) is 8.58. The number of rotatable bonds is 3. The first kappa shape index (κ1) is 13.3. The van der Waals surface area contributed by atoms with Gasteiger partial charge in [-0.2, -0.15) is 0 Å². The first-order valence-corrected chi connectivity index (χ1v) is 6.01. The Bertz CT molecular complexity index is 667. The topological polar surface area (TPSA) is 64.0 Å². The van der Waals surface area contributed by atoms with Crippen molar-refractivity contribution in [1.29, 1.82) is 0 Å². The molecule has 5 nitrogen and oxygen atoms in total. The van der Waals surface area contributed by atoms with Gasteiger partial charge in [0.15, 0.2) is 0 Å². The number of halogens is 1. The average Bonchev–Trinajstić information content (AvgIpc) is 2.36. The minimum Gasteiger partial charge on any atom is -0.324 e. The van der Waals surface area contributed by atoms with Crippen molar-refractivity contribution < 1.29 is 4.79 Å². The molecule has 98 valence electrons. The monoisotopic (exact) mass is 277 g/mol. The third-order valence-corrected chi connectivity index (χ3v) is 2.79. The van der Waals surface area contributed by atoms with Crippen LogP contribution in [0.2, 0.25) is 5.15 Å². The van der Waals surface area contributed by atoms with Crippen LogP contribution in [0.1, 0.15) is 5.56 Å². The molecule has 1 aromatic heterocycles. The summed E-state index contributed by atoms with van der Waals surface area (Å²) in [6.45, 7) is 1.79. The Labute approximate surface area is 114 Å². The third-order valence-electron chi connectivity index (χ3n) is 2.58. The lowest BCUT2D eigenvalue weighted by Gasteiger charge is -2.09. The van der Waals surface area contributed by atoms with Gasteiger partial charge in [0.25, 0.3) is 5.56 Å². The molecule has 0 aliphatic rings. The molecule has 0 fully saturated rings. The summed E-state index contributed by atoms with van der Waals surface area (Å²) < 4.78 is 1.19. The lowest BCUT2D eigenvalue weighted by Crippen LogP contribution is -2.27. The molecule has 6 heteroatoms. The van der Waals surface area contributed by atoms with E-state index >= 15 is 0 Å². The summed E-state index contributed by atoms with van der Waals surface area (Å²) in [7, 11) is 0. The van der Waals surface area contributed by atoms with Gasteiger partial charge in [-0.05, 0) is 18.6 Å². The van der Waals surface area contributed by atoms with Gasteiger partial charge in [-0.25, -0.2) is 4.98 Å². The number of hydrogen-bond donors (Lipinski definition) is 1. The summed E-state index contributed by atoms with van der Waals surface area (Å²) in [5.74, 6) is -0.291. The molecule has 0 atom stereocenters. The van der Waals surface area contributed by atoms with E-state index in [9.17, 15) is 9.59 Å². The number of hydrogen-bond acceptors (Lipinski definition) is 3. The Morgan fingerprint density at radius 3 is 2.84 bits per heavy atom. The van der Waals surface area contributed by atoms with E-state index in [-0.39, 0.29) is 23.2 Å². The van der Waals surface area contributed by atoms with Crippen molar-refractivity contribution in [3.8, 4) is 0 Å². The predicted octanol–water partition coefficient (Wildman–Crippen LogP) is 1.84. The van der Waals surface area contributed by atoms with Gasteiger partial charge < -0.3 is 5.32 Å². The number of para-hydroxylation sites is 1. The van der Waals surface area contributed by atoms with Crippen molar-refractivity contribution in [2.45, 2.75) is 13.5 Å². The molecule has 1 amide bonds. The summed E-state index contributed by atoms with van der Waals surface area (Å²) in [5.41, 5.74) is 1.32. The maximum Gasteiger partial charge on any atom is 0.255 e. The van der Waals surface area contributed by atoms with Gasteiger partial charge in [-0.3, -0.25) is 14.2 Å². The van der Waals surface area contributed by atoms with Crippen LogP contribution in [0, 0.1) is 6.92 Å². The highest BCUT2D eigenvalue weighted by Crippen LogP contribution is 2.12. The van der Waals surface area contributed by atoms with E-state index in [0.29, 0.717) is 0 Å². The van der Waals surface area contributed by atoms with Gasteiger partial charge in [0.1, 0.15) is 11.7 Å². The molecule has 0 aliphatic carbocycles. The van der Waals surface area contributed by atoms with Crippen molar-refractivity contribution in [2.75, 3.05) is 5.32 Å². The first-order chi connectivity index (χ1) is 9.06. The minimum atomic E-state index is -0.361. The summed E-state index contributed by atoms with van der Waals surface area (Å²) in [5, 5.41) is 2.85. The second-order valence-electron chi connectivity index (χ2n) is 4.04. The molecule has 2 rings (SSSR count). The zero-order chi connectivity index (χ0) is 13.8. The zero-order valence-electron chi connectivity index (χ0n) is 10.3. The van der Waals surface area contributed by atoms with Crippen molar-refractivity contribution >= 4 is 23.2 Å². The molecule has 2 aromatic rings. The Morgan fingerprint density at radius 1 is 1.42 bits per heavy atom. The van der Waals surface area contributed by atoms with E-state index in [1.165, 1.54) is 17.0 Å². The van der Waals surface area contributed by atoms with Crippen molar-refractivity contribution in [2.24, 2.45) is 0 Å². The fourth-order valence-electron chi connectivity index (χ4n) is 1.58. The Morgan fingerprint density at radius 2 is 2.16 bits per heavy atom. The van der Waals surface area contributed by atoms with Crippen LogP contribution in [0.3, 0.4) is 0 Å². The van der Waals surface area contributed by atoms with Crippen LogP contribution in [-0.4, -0.2) is 15.5 Å². The van der Waals surface area contributed by atoms with Crippen molar-refractivity contribution in [3.63, 3.8) is 0 Å². The molecule has 0 unspecified atom stereocenters. The minimum absolute atomic E-state index is 0.0999. The lowest BCUT2D eigenvalue weighted by atomic mass is 10.2. The molecule has 1 N–H and O–H groups in total. The van der Waals surface area contributed by atoms with E-state index in [4.69, 9.17) is 11.6 Å². The van der Waals surface area contributed by atoms with Crippen molar-refractivity contribution in [3.05, 3.63) is 57.7 Å². The van der Waals surface area contributed by atoms with Gasteiger partial charge in [0.05, 0.1) is 6.33 Å². The van der Waals surface area contributed by atoms with Crippen LogP contribution in [0.5, 0.6) is 0 Å². The highest BCUT2D eigenvalue weighted by Gasteiger charge is 2.07. The van der Waals surface area contributed by atoms with Gasteiger partial charge in [-0.15, -0.1) is 0 Å². The number of anilines is 1. The van der Waals surface area contributed by atoms with Gasteiger partial charge >= 0.3 is 0 Å². The fraction of sp³-hybridized carbons (Fsp3) is 0.154. The third kappa shape index (κ3) is 3.42. The molecule has 0 spiro atoms.